The number of carbonyl (C=O) groups is 2. The molecule has 3 N–H and O–H groups in total. The molecule has 1 aromatic heterocycles. The van der Waals surface area contributed by atoms with Crippen molar-refractivity contribution >= 4 is 11.8 Å². The number of aromatic nitrogens is 1. The number of nitrogens with two attached hydrogens (primary N) is 1. The lowest BCUT2D eigenvalue weighted by Crippen LogP contribution is -2.36. The van der Waals surface area contributed by atoms with E-state index >= 15 is 0 Å². The SMILES string of the molecule is NC(CC(=O)NC(=O)c1ccc(-c2ccc(F)cc2)nc1)C1CC1. The Hall–Kier alpha value is -2.60. The fourth-order valence-corrected chi connectivity index (χ4v) is 2.47. The van der Waals surface area contributed by atoms with Gasteiger partial charge in [-0.2, -0.15) is 0 Å². The normalized spacial score (nSPS) is 14.9. The van der Waals surface area contributed by atoms with Crippen LogP contribution in [0.25, 0.3) is 11.3 Å². The Morgan fingerprint density at radius 2 is 1.92 bits per heavy atom. The largest absolute Gasteiger partial charge is 0.327 e. The molecule has 6 heteroatoms. The Bertz CT molecular complexity index is 740. The second kappa shape index (κ2) is 6.88. The monoisotopic (exact) mass is 327 g/mol. The molecule has 1 aliphatic carbocycles. The molecule has 0 aliphatic heterocycles. The summed E-state index contributed by atoms with van der Waals surface area (Å²) in [6.45, 7) is 0. The van der Waals surface area contributed by atoms with E-state index in [-0.39, 0.29) is 29.8 Å². The van der Waals surface area contributed by atoms with Gasteiger partial charge in [0.05, 0.1) is 11.3 Å². The number of nitrogens with zero attached hydrogens (tertiary/aromatic N) is 1. The summed E-state index contributed by atoms with van der Waals surface area (Å²) in [4.78, 5) is 28.1. The van der Waals surface area contributed by atoms with Crippen LogP contribution in [0, 0.1) is 11.7 Å². The summed E-state index contributed by atoms with van der Waals surface area (Å²) in [6, 6.07) is 8.97. The fraction of sp³-hybridized carbons (Fsp3) is 0.278. The predicted molar refractivity (Wildman–Crippen MR) is 87.4 cm³/mol. The molecule has 0 radical (unpaired) electrons. The van der Waals surface area contributed by atoms with E-state index in [0.29, 0.717) is 11.6 Å². The number of hydrogen-bond acceptors (Lipinski definition) is 4. The van der Waals surface area contributed by atoms with Gasteiger partial charge in [0.2, 0.25) is 5.91 Å². The molecule has 5 nitrogen and oxygen atoms in total. The molecule has 124 valence electrons. The van der Waals surface area contributed by atoms with Crippen molar-refractivity contribution in [3.05, 3.63) is 54.0 Å². The summed E-state index contributed by atoms with van der Waals surface area (Å²) in [6.07, 6.45) is 3.65. The molecule has 1 heterocycles. The van der Waals surface area contributed by atoms with Crippen molar-refractivity contribution in [2.75, 3.05) is 0 Å². The maximum atomic E-state index is 12.9. The van der Waals surface area contributed by atoms with Crippen molar-refractivity contribution in [2.45, 2.75) is 25.3 Å². The van der Waals surface area contributed by atoms with Crippen LogP contribution in [-0.2, 0) is 4.79 Å². The number of hydrogen-bond donors (Lipinski definition) is 2. The molecule has 0 saturated heterocycles. The average molecular weight is 327 g/mol. The predicted octanol–water partition coefficient (Wildman–Crippen LogP) is 2.27. The number of imide groups is 1. The lowest BCUT2D eigenvalue weighted by atomic mass is 10.1. The van der Waals surface area contributed by atoms with Gasteiger partial charge < -0.3 is 5.73 Å². The molecule has 1 fully saturated rings. The van der Waals surface area contributed by atoms with E-state index in [0.717, 1.165) is 18.4 Å². The zero-order valence-corrected chi connectivity index (χ0v) is 13.0. The summed E-state index contributed by atoms with van der Waals surface area (Å²) < 4.78 is 12.9. The van der Waals surface area contributed by atoms with E-state index < -0.39 is 5.91 Å². The van der Waals surface area contributed by atoms with Crippen LogP contribution in [0.3, 0.4) is 0 Å². The summed E-state index contributed by atoms with van der Waals surface area (Å²) in [5.41, 5.74) is 7.53. The topological polar surface area (TPSA) is 85.1 Å². The molecule has 1 aromatic carbocycles. The number of rotatable bonds is 5. The lowest BCUT2D eigenvalue weighted by molar-refractivity contribution is -0.120. The maximum Gasteiger partial charge on any atom is 0.259 e. The van der Waals surface area contributed by atoms with Crippen molar-refractivity contribution in [3.63, 3.8) is 0 Å². The molecule has 24 heavy (non-hydrogen) atoms. The standard InChI is InChI=1S/C18H18FN3O2/c19-14-6-3-12(4-7-14)16-8-5-13(10-21-16)18(24)22-17(23)9-15(20)11-1-2-11/h3-8,10-11,15H,1-2,9,20H2,(H,22,23,24). The molecule has 1 unspecified atom stereocenters. The van der Waals surface area contributed by atoms with E-state index in [1.54, 1.807) is 24.3 Å². The van der Waals surface area contributed by atoms with Crippen molar-refractivity contribution in [2.24, 2.45) is 11.7 Å². The Kier molecular flexibility index (Phi) is 4.66. The smallest absolute Gasteiger partial charge is 0.259 e. The van der Waals surface area contributed by atoms with Gasteiger partial charge in [0.15, 0.2) is 0 Å². The Morgan fingerprint density at radius 3 is 2.50 bits per heavy atom. The zero-order chi connectivity index (χ0) is 17.1. The van der Waals surface area contributed by atoms with Crippen LogP contribution in [0.2, 0.25) is 0 Å². The van der Waals surface area contributed by atoms with Crippen LogP contribution in [-0.4, -0.2) is 22.8 Å². The van der Waals surface area contributed by atoms with Crippen LogP contribution in [0.1, 0.15) is 29.6 Å². The summed E-state index contributed by atoms with van der Waals surface area (Å²) in [7, 11) is 0. The molecule has 0 bridgehead atoms. The van der Waals surface area contributed by atoms with Gasteiger partial charge >= 0.3 is 0 Å². The van der Waals surface area contributed by atoms with Gasteiger partial charge in [-0.1, -0.05) is 0 Å². The second-order valence-electron chi connectivity index (χ2n) is 6.02. The van der Waals surface area contributed by atoms with Gasteiger partial charge in [-0.15, -0.1) is 0 Å². The highest BCUT2D eigenvalue weighted by Gasteiger charge is 2.30. The summed E-state index contributed by atoms with van der Waals surface area (Å²) in [5.74, 6) is -0.789. The van der Waals surface area contributed by atoms with Crippen molar-refractivity contribution in [1.29, 1.82) is 0 Å². The van der Waals surface area contributed by atoms with E-state index in [1.165, 1.54) is 18.3 Å². The zero-order valence-electron chi connectivity index (χ0n) is 13.0. The maximum absolute atomic E-state index is 12.9. The van der Waals surface area contributed by atoms with Gasteiger partial charge in [0.25, 0.3) is 5.91 Å². The summed E-state index contributed by atoms with van der Waals surface area (Å²) >= 11 is 0. The van der Waals surface area contributed by atoms with Gasteiger partial charge in [0.1, 0.15) is 5.82 Å². The molecule has 1 aliphatic rings. The lowest BCUT2D eigenvalue weighted by Gasteiger charge is -2.10. The van der Waals surface area contributed by atoms with Crippen LogP contribution in [0.5, 0.6) is 0 Å². The molecular formula is C18H18FN3O2. The molecule has 2 aromatic rings. The number of benzene rings is 1. The number of carbonyl (C=O) groups excluding carboxylic acids is 2. The third kappa shape index (κ3) is 4.02. The minimum Gasteiger partial charge on any atom is -0.327 e. The van der Waals surface area contributed by atoms with Crippen LogP contribution in [0.15, 0.2) is 42.6 Å². The highest BCUT2D eigenvalue weighted by Crippen LogP contribution is 2.32. The molecular weight excluding hydrogens is 309 g/mol. The Morgan fingerprint density at radius 1 is 1.21 bits per heavy atom. The van der Waals surface area contributed by atoms with Crippen molar-refractivity contribution < 1.29 is 14.0 Å². The fourth-order valence-electron chi connectivity index (χ4n) is 2.47. The first-order valence-corrected chi connectivity index (χ1v) is 7.84. The van der Waals surface area contributed by atoms with E-state index in [2.05, 4.69) is 10.3 Å². The average Bonchev–Trinajstić information content (AvgIpc) is 3.40. The third-order valence-electron chi connectivity index (χ3n) is 4.07. The third-order valence-corrected chi connectivity index (χ3v) is 4.07. The minimum absolute atomic E-state index is 0.150. The number of nitrogens with one attached hydrogen (secondary N) is 1. The van der Waals surface area contributed by atoms with Crippen molar-refractivity contribution in [1.82, 2.24) is 10.3 Å². The van der Waals surface area contributed by atoms with Crippen molar-refractivity contribution in [3.8, 4) is 11.3 Å². The van der Waals surface area contributed by atoms with Gasteiger partial charge in [0, 0.05) is 24.2 Å². The molecule has 2 amide bonds. The van der Waals surface area contributed by atoms with E-state index in [9.17, 15) is 14.0 Å². The quantitative estimate of drug-likeness (QED) is 0.882. The molecule has 1 atom stereocenters. The molecule has 1 saturated carbocycles. The first kappa shape index (κ1) is 16.3. The first-order chi connectivity index (χ1) is 11.5. The number of halogens is 1. The van der Waals surface area contributed by atoms with Crippen LogP contribution >= 0.6 is 0 Å². The number of amides is 2. The second-order valence-corrected chi connectivity index (χ2v) is 6.02. The molecule has 0 spiro atoms. The van der Waals surface area contributed by atoms with E-state index in [4.69, 9.17) is 5.73 Å². The van der Waals surface area contributed by atoms with Gasteiger partial charge in [-0.05, 0) is 55.2 Å². The van der Waals surface area contributed by atoms with Crippen LogP contribution < -0.4 is 11.1 Å². The van der Waals surface area contributed by atoms with E-state index in [1.807, 2.05) is 0 Å². The highest BCUT2D eigenvalue weighted by molar-refractivity contribution is 6.04. The highest BCUT2D eigenvalue weighted by atomic mass is 19.1. The van der Waals surface area contributed by atoms with Gasteiger partial charge in [-0.3, -0.25) is 19.9 Å². The minimum atomic E-state index is -0.499. The molecule has 3 rings (SSSR count). The van der Waals surface area contributed by atoms with Gasteiger partial charge in [-0.25, -0.2) is 4.39 Å². The van der Waals surface area contributed by atoms with Crippen LogP contribution in [0.4, 0.5) is 4.39 Å². The Balaban J connectivity index is 1.61. The number of pyridine rings is 1. The Labute approximate surface area is 139 Å². The summed E-state index contributed by atoms with van der Waals surface area (Å²) in [5, 5.41) is 2.33. The first-order valence-electron chi connectivity index (χ1n) is 7.84.